The molecule has 6 heteroatoms. The second-order valence-corrected chi connectivity index (χ2v) is 10.3. The van der Waals surface area contributed by atoms with Gasteiger partial charge in [0.25, 0.3) is 11.8 Å². The fourth-order valence-electron chi connectivity index (χ4n) is 6.38. The molecular weight excluding hydrogens is 496 g/mol. The molecule has 0 radical (unpaired) electrons. The van der Waals surface area contributed by atoms with E-state index in [1.165, 1.54) is 6.21 Å². The third-order valence-electron chi connectivity index (χ3n) is 8.00. The van der Waals surface area contributed by atoms with Gasteiger partial charge in [-0.15, -0.1) is 0 Å². The van der Waals surface area contributed by atoms with Crippen molar-refractivity contribution < 1.29 is 14.3 Å². The van der Waals surface area contributed by atoms with E-state index in [2.05, 4.69) is 29.4 Å². The fraction of sp³-hybridized carbons (Fsp3) is 0.156. The standard InChI is InChI=1S/C32H23ClN2O3/c33-25-15-7-1-10-20(25)18-38-26-16-8-2-9-19(26)17-34-35-31(36)29-27-21-11-3-4-12-22(21)28(30(29)32(35)37)24-14-6-5-13-23(24)27/h1-17,27-30H,18H2/b34-17-/t27?,28?,29-,30-/m0/s1. The van der Waals surface area contributed by atoms with Crippen molar-refractivity contribution >= 4 is 29.6 Å². The summed E-state index contributed by atoms with van der Waals surface area (Å²) in [6, 6.07) is 31.3. The summed E-state index contributed by atoms with van der Waals surface area (Å²) >= 11 is 6.28. The minimum absolute atomic E-state index is 0.153. The Hall–Kier alpha value is -4.22. The third kappa shape index (κ3) is 3.42. The molecule has 8 rings (SSSR count). The van der Waals surface area contributed by atoms with Crippen molar-refractivity contribution in [2.45, 2.75) is 18.4 Å². The number of nitrogens with zero attached hydrogens (tertiary/aromatic N) is 2. The van der Waals surface area contributed by atoms with Crippen molar-refractivity contribution in [1.82, 2.24) is 5.01 Å². The van der Waals surface area contributed by atoms with E-state index in [1.54, 1.807) is 0 Å². The molecule has 1 heterocycles. The second kappa shape index (κ2) is 8.96. The second-order valence-electron chi connectivity index (χ2n) is 9.92. The zero-order valence-corrected chi connectivity index (χ0v) is 21.1. The normalized spacial score (nSPS) is 22.9. The van der Waals surface area contributed by atoms with Gasteiger partial charge in [-0.05, 0) is 40.5 Å². The summed E-state index contributed by atoms with van der Waals surface area (Å²) in [5.74, 6) is -1.12. The first kappa shape index (κ1) is 22.9. The molecule has 2 bridgehead atoms. The molecule has 4 aliphatic rings. The Kier molecular flexibility index (Phi) is 5.41. The largest absolute Gasteiger partial charge is 0.488 e. The number of halogens is 1. The summed E-state index contributed by atoms with van der Waals surface area (Å²) in [6.07, 6.45) is 1.54. The first-order valence-corrected chi connectivity index (χ1v) is 13.1. The van der Waals surface area contributed by atoms with Crippen LogP contribution in [-0.4, -0.2) is 23.0 Å². The minimum Gasteiger partial charge on any atom is -0.488 e. The number of para-hydroxylation sites is 1. The van der Waals surface area contributed by atoms with Crippen LogP contribution < -0.4 is 4.74 Å². The Labute approximate surface area is 225 Å². The van der Waals surface area contributed by atoms with Crippen molar-refractivity contribution in [1.29, 1.82) is 0 Å². The number of hydrogen-bond donors (Lipinski definition) is 0. The Morgan fingerprint density at radius 1 is 0.711 bits per heavy atom. The van der Waals surface area contributed by atoms with Gasteiger partial charge in [0.1, 0.15) is 12.4 Å². The molecular formula is C32H23ClN2O3. The number of benzene rings is 4. The maximum Gasteiger partial charge on any atom is 0.254 e. The Balaban J connectivity index is 1.20. The number of carbonyl (C=O) groups is 2. The lowest BCUT2D eigenvalue weighted by Gasteiger charge is -2.45. The molecule has 1 saturated heterocycles. The number of hydrazone groups is 1. The number of rotatable bonds is 5. The van der Waals surface area contributed by atoms with Crippen LogP contribution in [0.5, 0.6) is 5.75 Å². The SMILES string of the molecule is O=C1[C@H]2C3c4ccccc4C(c4ccccc43)[C@@H]2C(=O)N1/N=C\c1ccccc1OCc1ccccc1Cl. The third-order valence-corrected chi connectivity index (χ3v) is 8.37. The van der Waals surface area contributed by atoms with Crippen molar-refractivity contribution in [2.75, 3.05) is 0 Å². The zero-order valence-electron chi connectivity index (χ0n) is 20.3. The average molecular weight is 519 g/mol. The van der Waals surface area contributed by atoms with E-state index in [0.29, 0.717) is 16.3 Å². The van der Waals surface area contributed by atoms with Crippen LogP contribution >= 0.6 is 11.6 Å². The smallest absolute Gasteiger partial charge is 0.254 e. The predicted octanol–water partition coefficient (Wildman–Crippen LogP) is 6.15. The van der Waals surface area contributed by atoms with Gasteiger partial charge in [-0.25, -0.2) is 0 Å². The highest BCUT2D eigenvalue weighted by molar-refractivity contribution is 6.31. The zero-order chi connectivity index (χ0) is 25.8. The average Bonchev–Trinajstić information content (AvgIpc) is 3.21. The summed E-state index contributed by atoms with van der Waals surface area (Å²) in [5, 5.41) is 6.15. The van der Waals surface area contributed by atoms with Gasteiger partial charge in [0.2, 0.25) is 0 Å². The monoisotopic (exact) mass is 518 g/mol. The lowest BCUT2D eigenvalue weighted by molar-refractivity contribution is -0.139. The van der Waals surface area contributed by atoms with E-state index in [9.17, 15) is 9.59 Å². The molecule has 2 amide bonds. The highest BCUT2D eigenvalue weighted by atomic mass is 35.5. The van der Waals surface area contributed by atoms with Gasteiger partial charge < -0.3 is 4.74 Å². The van der Waals surface area contributed by atoms with Gasteiger partial charge in [0.05, 0.1) is 18.1 Å². The summed E-state index contributed by atoms with van der Waals surface area (Å²) in [5.41, 5.74) is 6.10. The van der Waals surface area contributed by atoms with Crippen molar-refractivity contribution in [3.05, 3.63) is 135 Å². The van der Waals surface area contributed by atoms with Gasteiger partial charge >= 0.3 is 0 Å². The summed E-state index contributed by atoms with van der Waals surface area (Å²) in [4.78, 5) is 27.5. The predicted molar refractivity (Wildman–Crippen MR) is 145 cm³/mol. The van der Waals surface area contributed by atoms with E-state index >= 15 is 0 Å². The maximum atomic E-state index is 13.8. The number of hydrogen-bond acceptors (Lipinski definition) is 4. The van der Waals surface area contributed by atoms with Crippen molar-refractivity contribution in [3.8, 4) is 5.75 Å². The van der Waals surface area contributed by atoms with Crippen LogP contribution in [0.1, 0.15) is 45.2 Å². The lowest BCUT2D eigenvalue weighted by atomic mass is 9.55. The molecule has 3 aliphatic carbocycles. The summed E-state index contributed by atoms with van der Waals surface area (Å²) < 4.78 is 6.03. The lowest BCUT2D eigenvalue weighted by Crippen LogP contribution is -2.41. The summed E-state index contributed by atoms with van der Waals surface area (Å²) in [7, 11) is 0. The highest BCUT2D eigenvalue weighted by Gasteiger charge is 2.61. The minimum atomic E-state index is -0.457. The van der Waals surface area contributed by atoms with Gasteiger partial charge in [-0.1, -0.05) is 90.5 Å². The Morgan fingerprint density at radius 3 is 1.79 bits per heavy atom. The van der Waals surface area contributed by atoms with Gasteiger partial charge in [0, 0.05) is 28.0 Å². The van der Waals surface area contributed by atoms with Gasteiger partial charge in [0.15, 0.2) is 0 Å². The van der Waals surface area contributed by atoms with Gasteiger partial charge in [-0.2, -0.15) is 10.1 Å². The van der Waals surface area contributed by atoms with Crippen molar-refractivity contribution in [2.24, 2.45) is 16.9 Å². The number of ether oxygens (including phenoxy) is 1. The van der Waals surface area contributed by atoms with E-state index < -0.39 is 11.8 Å². The van der Waals surface area contributed by atoms with E-state index in [1.807, 2.05) is 72.8 Å². The summed E-state index contributed by atoms with van der Waals surface area (Å²) in [6.45, 7) is 0.288. The molecule has 0 unspecified atom stereocenters. The van der Waals surface area contributed by atoms with Crippen LogP contribution in [0.2, 0.25) is 5.02 Å². The van der Waals surface area contributed by atoms with E-state index in [4.69, 9.17) is 16.3 Å². The van der Waals surface area contributed by atoms with Crippen LogP contribution in [0.4, 0.5) is 0 Å². The first-order chi connectivity index (χ1) is 18.6. The molecule has 2 atom stereocenters. The molecule has 1 fully saturated rings. The van der Waals surface area contributed by atoms with Crippen LogP contribution in [0.25, 0.3) is 0 Å². The topological polar surface area (TPSA) is 59.0 Å². The van der Waals surface area contributed by atoms with Crippen LogP contribution in [0.3, 0.4) is 0 Å². The van der Waals surface area contributed by atoms with Crippen LogP contribution in [-0.2, 0) is 16.2 Å². The van der Waals surface area contributed by atoms with E-state index in [-0.39, 0.29) is 30.3 Å². The Bertz CT molecular complexity index is 1520. The molecule has 5 nitrogen and oxygen atoms in total. The molecule has 1 aliphatic heterocycles. The Morgan fingerprint density at radius 2 is 1.21 bits per heavy atom. The molecule has 4 aromatic rings. The molecule has 186 valence electrons. The van der Waals surface area contributed by atoms with E-state index in [0.717, 1.165) is 32.8 Å². The number of imide groups is 1. The molecule has 38 heavy (non-hydrogen) atoms. The van der Waals surface area contributed by atoms with Crippen LogP contribution in [0, 0.1) is 11.8 Å². The number of carbonyl (C=O) groups excluding carboxylic acids is 2. The quantitative estimate of drug-likeness (QED) is 0.235. The maximum absolute atomic E-state index is 13.8. The molecule has 0 spiro atoms. The molecule has 0 saturated carbocycles. The molecule has 0 aromatic heterocycles. The fourth-order valence-corrected chi connectivity index (χ4v) is 6.58. The first-order valence-electron chi connectivity index (χ1n) is 12.7. The van der Waals surface area contributed by atoms with Crippen molar-refractivity contribution in [3.63, 3.8) is 0 Å². The highest BCUT2D eigenvalue weighted by Crippen LogP contribution is 2.60. The number of amides is 2. The van der Waals surface area contributed by atoms with Gasteiger partial charge in [-0.3, -0.25) is 9.59 Å². The van der Waals surface area contributed by atoms with Crippen LogP contribution in [0.15, 0.2) is 102 Å². The molecule has 4 aromatic carbocycles. The molecule has 0 N–H and O–H groups in total.